The van der Waals surface area contributed by atoms with Crippen molar-refractivity contribution in [1.29, 1.82) is 0 Å². The number of nitrogens with one attached hydrogen (secondary N) is 1. The first-order valence-electron chi connectivity index (χ1n) is 6.57. The monoisotopic (exact) mass is 321 g/mol. The van der Waals surface area contributed by atoms with Crippen molar-refractivity contribution in [2.24, 2.45) is 0 Å². The maximum absolute atomic E-state index is 12.4. The van der Waals surface area contributed by atoms with Gasteiger partial charge in [0.25, 0.3) is 5.91 Å². The van der Waals surface area contributed by atoms with E-state index in [-0.39, 0.29) is 5.91 Å². The second kappa shape index (κ2) is 5.50. The third kappa shape index (κ3) is 2.66. The number of carbonyl (C=O) groups excluding carboxylic acids is 1. The number of anilines is 2. The van der Waals surface area contributed by atoms with Crippen LogP contribution in [0.1, 0.15) is 28.6 Å². The van der Waals surface area contributed by atoms with Crippen LogP contribution in [0.4, 0.5) is 11.5 Å². The van der Waals surface area contributed by atoms with Gasteiger partial charge in [0.1, 0.15) is 16.4 Å². The van der Waals surface area contributed by atoms with Crippen molar-refractivity contribution in [2.75, 3.05) is 18.2 Å². The Bertz CT molecular complexity index is 747. The van der Waals surface area contributed by atoms with Crippen LogP contribution in [0.25, 0.3) is 0 Å². The summed E-state index contributed by atoms with van der Waals surface area (Å²) in [6.45, 7) is 0. The summed E-state index contributed by atoms with van der Waals surface area (Å²) in [6, 6.07) is 7.61. The molecule has 3 N–H and O–H groups in total. The van der Waals surface area contributed by atoms with Gasteiger partial charge in [-0.15, -0.1) is 0 Å². The van der Waals surface area contributed by atoms with E-state index in [1.807, 2.05) is 16.7 Å². The Labute approximate surface area is 131 Å². The van der Waals surface area contributed by atoms with Crippen LogP contribution >= 0.6 is 23.6 Å². The first kappa shape index (κ1) is 14.1. The number of carbonyl (C=O) groups is 1. The predicted octanol–water partition coefficient (Wildman–Crippen LogP) is 3.46. The van der Waals surface area contributed by atoms with Gasteiger partial charge < -0.3 is 20.4 Å². The molecule has 1 aromatic carbocycles. The molecule has 1 fully saturated rings. The summed E-state index contributed by atoms with van der Waals surface area (Å²) in [6.07, 6.45) is 2.14. The lowest BCUT2D eigenvalue weighted by atomic mass is 10.3. The minimum Gasteiger partial charge on any atom is -0.495 e. The molecule has 1 heterocycles. The van der Waals surface area contributed by atoms with Gasteiger partial charge in [-0.25, -0.2) is 0 Å². The van der Waals surface area contributed by atoms with E-state index in [0.29, 0.717) is 32.1 Å². The summed E-state index contributed by atoms with van der Waals surface area (Å²) < 4.78 is 7.76. The van der Waals surface area contributed by atoms with Crippen LogP contribution in [0.5, 0.6) is 5.75 Å². The highest BCUT2D eigenvalue weighted by Gasteiger charge is 2.29. The van der Waals surface area contributed by atoms with E-state index in [1.165, 1.54) is 11.3 Å². The molecule has 3 rings (SSSR count). The molecule has 110 valence electrons. The fourth-order valence-electron chi connectivity index (χ4n) is 2.16. The number of amides is 1. The van der Waals surface area contributed by atoms with E-state index in [2.05, 4.69) is 5.32 Å². The molecule has 2 aromatic rings. The highest BCUT2D eigenvalue weighted by Crippen LogP contribution is 2.40. The number of benzene rings is 1. The van der Waals surface area contributed by atoms with Crippen LogP contribution in [0.2, 0.25) is 0 Å². The summed E-state index contributed by atoms with van der Waals surface area (Å²) in [4.78, 5) is 12.9. The van der Waals surface area contributed by atoms with Crippen molar-refractivity contribution < 1.29 is 9.53 Å². The first-order valence-corrected chi connectivity index (χ1v) is 7.79. The van der Waals surface area contributed by atoms with Crippen LogP contribution in [0.3, 0.4) is 0 Å². The normalized spacial score (nSPS) is 14.0. The fourth-order valence-corrected chi connectivity index (χ4v) is 3.53. The summed E-state index contributed by atoms with van der Waals surface area (Å²) in [5.74, 6) is 0.807. The molecule has 21 heavy (non-hydrogen) atoms. The third-order valence-corrected chi connectivity index (χ3v) is 4.77. The van der Waals surface area contributed by atoms with E-state index in [1.54, 1.807) is 19.2 Å². The van der Waals surface area contributed by atoms with Gasteiger partial charge in [-0.05, 0) is 37.2 Å². The molecule has 1 saturated carbocycles. The quantitative estimate of drug-likeness (QED) is 0.846. The maximum Gasteiger partial charge on any atom is 0.269 e. The van der Waals surface area contributed by atoms with Crippen molar-refractivity contribution in [3.05, 3.63) is 33.1 Å². The largest absolute Gasteiger partial charge is 0.495 e. The number of hydrogen-bond donors (Lipinski definition) is 2. The average molecular weight is 321 g/mol. The minimum absolute atomic E-state index is 0.257. The lowest BCUT2D eigenvalue weighted by Crippen LogP contribution is -2.14. The summed E-state index contributed by atoms with van der Waals surface area (Å²) >= 11 is 6.56. The Morgan fingerprint density at radius 3 is 2.86 bits per heavy atom. The number of thiazole rings is 1. The molecule has 5 nitrogen and oxygen atoms in total. The molecule has 1 aromatic heterocycles. The number of aromatic nitrogens is 1. The Balaban J connectivity index is 1.89. The van der Waals surface area contributed by atoms with Crippen LogP contribution in [-0.4, -0.2) is 17.6 Å². The first-order chi connectivity index (χ1) is 10.1. The SMILES string of the molecule is COc1ccccc1NC(=O)c1sc(=S)n(C2CC2)c1N. The molecule has 1 aliphatic carbocycles. The Morgan fingerprint density at radius 2 is 2.19 bits per heavy atom. The zero-order valence-electron chi connectivity index (χ0n) is 11.5. The predicted molar refractivity (Wildman–Crippen MR) is 86.8 cm³/mol. The van der Waals surface area contributed by atoms with E-state index >= 15 is 0 Å². The number of nitrogens with zero attached hydrogens (tertiary/aromatic N) is 1. The van der Waals surface area contributed by atoms with Gasteiger partial charge in [-0.2, -0.15) is 0 Å². The second-order valence-electron chi connectivity index (χ2n) is 4.84. The molecule has 0 bridgehead atoms. The summed E-state index contributed by atoms with van der Waals surface area (Å²) in [7, 11) is 1.56. The summed E-state index contributed by atoms with van der Waals surface area (Å²) in [5.41, 5.74) is 6.70. The highest BCUT2D eigenvalue weighted by molar-refractivity contribution is 7.73. The van der Waals surface area contributed by atoms with Crippen LogP contribution < -0.4 is 15.8 Å². The number of nitrogen functional groups attached to an aromatic ring is 1. The summed E-state index contributed by atoms with van der Waals surface area (Å²) in [5, 5.41) is 2.83. The van der Waals surface area contributed by atoms with Crippen molar-refractivity contribution in [3.8, 4) is 5.75 Å². The number of hydrogen-bond acceptors (Lipinski definition) is 5. The maximum atomic E-state index is 12.4. The highest BCUT2D eigenvalue weighted by atomic mass is 32.1. The van der Waals surface area contributed by atoms with E-state index < -0.39 is 0 Å². The zero-order chi connectivity index (χ0) is 15.0. The van der Waals surface area contributed by atoms with Gasteiger partial charge in [0, 0.05) is 6.04 Å². The zero-order valence-corrected chi connectivity index (χ0v) is 13.1. The third-order valence-electron chi connectivity index (χ3n) is 3.35. The Hall–Kier alpha value is -1.86. The Kier molecular flexibility index (Phi) is 3.69. The smallest absolute Gasteiger partial charge is 0.269 e. The molecule has 1 amide bonds. The fraction of sp³-hybridized carbons (Fsp3) is 0.286. The van der Waals surface area contributed by atoms with Crippen LogP contribution in [0, 0.1) is 3.95 Å². The van der Waals surface area contributed by atoms with Crippen LogP contribution in [-0.2, 0) is 0 Å². The number of methoxy groups -OCH3 is 1. The molecule has 7 heteroatoms. The molecule has 0 atom stereocenters. The molecular weight excluding hydrogens is 306 g/mol. The van der Waals surface area contributed by atoms with Crippen molar-refractivity contribution in [1.82, 2.24) is 4.57 Å². The molecule has 0 radical (unpaired) electrons. The lowest BCUT2D eigenvalue weighted by Gasteiger charge is -2.09. The average Bonchev–Trinajstić information content (AvgIpc) is 3.25. The number of rotatable bonds is 4. The van der Waals surface area contributed by atoms with E-state index in [0.717, 1.165) is 12.8 Å². The number of nitrogens with two attached hydrogens (primary N) is 1. The minimum atomic E-state index is -0.257. The molecule has 0 unspecified atom stereocenters. The molecular formula is C14H15N3O2S2. The molecule has 1 aliphatic rings. The van der Waals surface area contributed by atoms with Crippen molar-refractivity contribution in [2.45, 2.75) is 18.9 Å². The van der Waals surface area contributed by atoms with Gasteiger partial charge in [-0.1, -0.05) is 23.5 Å². The van der Waals surface area contributed by atoms with Crippen molar-refractivity contribution >= 4 is 41.0 Å². The number of para-hydroxylation sites is 2. The number of ether oxygens (including phenoxy) is 1. The topological polar surface area (TPSA) is 69.3 Å². The van der Waals surface area contributed by atoms with Gasteiger partial charge in [0.05, 0.1) is 12.8 Å². The standard InChI is InChI=1S/C14H15N3O2S2/c1-19-10-5-3-2-4-9(10)16-13(18)11-12(15)17(8-6-7-8)14(20)21-11/h2-5,8H,6-7,15H2,1H3,(H,16,18). The Morgan fingerprint density at radius 1 is 1.48 bits per heavy atom. The van der Waals surface area contributed by atoms with Gasteiger partial charge in [-0.3, -0.25) is 4.79 Å². The molecule has 0 spiro atoms. The van der Waals surface area contributed by atoms with Gasteiger partial charge in [0.2, 0.25) is 0 Å². The molecule has 0 saturated heterocycles. The molecule has 0 aliphatic heterocycles. The van der Waals surface area contributed by atoms with E-state index in [9.17, 15) is 4.79 Å². The van der Waals surface area contributed by atoms with Gasteiger partial charge >= 0.3 is 0 Å². The second-order valence-corrected chi connectivity index (χ2v) is 6.48. The van der Waals surface area contributed by atoms with E-state index in [4.69, 9.17) is 22.7 Å². The van der Waals surface area contributed by atoms with Crippen molar-refractivity contribution in [3.63, 3.8) is 0 Å². The van der Waals surface area contributed by atoms with Gasteiger partial charge in [0.15, 0.2) is 3.95 Å². The lowest BCUT2D eigenvalue weighted by molar-refractivity contribution is 0.103. The van der Waals surface area contributed by atoms with Crippen LogP contribution in [0.15, 0.2) is 24.3 Å².